The summed E-state index contributed by atoms with van der Waals surface area (Å²) in [4.78, 5) is 29.1. The third-order valence-electron chi connectivity index (χ3n) is 5.30. The van der Waals surface area contributed by atoms with Gasteiger partial charge in [0.15, 0.2) is 11.5 Å². The Morgan fingerprint density at radius 1 is 1.03 bits per heavy atom. The predicted molar refractivity (Wildman–Crippen MR) is 116 cm³/mol. The Labute approximate surface area is 181 Å². The van der Waals surface area contributed by atoms with Crippen molar-refractivity contribution in [1.29, 1.82) is 0 Å². The largest absolute Gasteiger partial charge is 0.492 e. The van der Waals surface area contributed by atoms with E-state index in [2.05, 4.69) is 5.32 Å². The summed E-state index contributed by atoms with van der Waals surface area (Å²) in [5, 5.41) is 2.92. The molecule has 164 valence electrons. The number of rotatable bonds is 6. The number of ether oxygens (including phenoxy) is 3. The van der Waals surface area contributed by atoms with Crippen molar-refractivity contribution in [3.63, 3.8) is 0 Å². The number of nitrogens with zero attached hydrogens (tertiary/aromatic N) is 2. The topological polar surface area (TPSA) is 80.3 Å². The van der Waals surface area contributed by atoms with Crippen LogP contribution in [0.15, 0.2) is 48.5 Å². The number of hydrogen-bond donors (Lipinski definition) is 1. The van der Waals surface area contributed by atoms with E-state index in [1.165, 1.54) is 0 Å². The van der Waals surface area contributed by atoms with Crippen LogP contribution in [0, 0.1) is 0 Å². The molecule has 1 saturated heterocycles. The molecular weight excluding hydrogens is 398 g/mol. The molecule has 0 unspecified atom stereocenters. The molecule has 2 aromatic rings. The van der Waals surface area contributed by atoms with E-state index < -0.39 is 6.10 Å². The number of carbonyl (C=O) groups is 2. The van der Waals surface area contributed by atoms with Crippen LogP contribution in [0.25, 0.3) is 0 Å². The van der Waals surface area contributed by atoms with Crippen LogP contribution < -0.4 is 19.5 Å². The maximum atomic E-state index is 12.8. The van der Waals surface area contributed by atoms with Crippen LogP contribution in [0.1, 0.15) is 6.92 Å². The quantitative estimate of drug-likeness (QED) is 0.763. The van der Waals surface area contributed by atoms with E-state index >= 15 is 0 Å². The smallest absolute Gasteiger partial charge is 0.267 e. The molecule has 1 N–H and O–H groups in total. The van der Waals surface area contributed by atoms with Crippen LogP contribution in [-0.4, -0.2) is 73.7 Å². The highest BCUT2D eigenvalue weighted by atomic mass is 16.6. The zero-order valence-electron chi connectivity index (χ0n) is 17.6. The number of benzene rings is 2. The van der Waals surface area contributed by atoms with Gasteiger partial charge in [0.25, 0.3) is 5.91 Å². The second kappa shape index (κ2) is 9.70. The Kier molecular flexibility index (Phi) is 6.57. The van der Waals surface area contributed by atoms with Crippen molar-refractivity contribution in [1.82, 2.24) is 9.80 Å². The molecule has 1 atom stereocenters. The van der Waals surface area contributed by atoms with Crippen LogP contribution in [-0.2, 0) is 9.59 Å². The van der Waals surface area contributed by atoms with E-state index in [1.54, 1.807) is 11.0 Å². The number of anilines is 1. The SMILES string of the molecule is CCOc1ccccc1NC(=O)CN1CCN(C(=O)[C@H]2COc3ccccc3O2)CC1. The Bertz CT molecular complexity index is 927. The maximum absolute atomic E-state index is 12.8. The molecule has 2 aromatic carbocycles. The second-order valence-electron chi connectivity index (χ2n) is 7.44. The van der Waals surface area contributed by atoms with Gasteiger partial charge in [0, 0.05) is 26.2 Å². The van der Waals surface area contributed by atoms with Crippen LogP contribution in [0.5, 0.6) is 17.2 Å². The minimum Gasteiger partial charge on any atom is -0.492 e. The van der Waals surface area contributed by atoms with Gasteiger partial charge >= 0.3 is 0 Å². The third kappa shape index (κ3) is 5.08. The number of nitrogens with one attached hydrogen (secondary N) is 1. The van der Waals surface area contributed by atoms with Gasteiger partial charge < -0.3 is 24.4 Å². The van der Waals surface area contributed by atoms with Crippen molar-refractivity contribution in [2.24, 2.45) is 0 Å². The summed E-state index contributed by atoms with van der Waals surface area (Å²) in [5.41, 5.74) is 0.665. The lowest BCUT2D eigenvalue weighted by Crippen LogP contribution is -2.54. The highest BCUT2D eigenvalue weighted by Gasteiger charge is 2.32. The summed E-state index contributed by atoms with van der Waals surface area (Å²) < 4.78 is 17.0. The molecule has 2 aliphatic heterocycles. The Morgan fingerprint density at radius 3 is 2.52 bits per heavy atom. The summed E-state index contributed by atoms with van der Waals surface area (Å²) in [6.45, 7) is 5.24. The molecule has 2 aliphatic rings. The molecule has 0 radical (unpaired) electrons. The minimum atomic E-state index is -0.639. The van der Waals surface area contributed by atoms with Crippen LogP contribution in [0.4, 0.5) is 5.69 Å². The summed E-state index contributed by atoms with van der Waals surface area (Å²) >= 11 is 0. The Hall–Kier alpha value is -3.26. The van der Waals surface area contributed by atoms with Gasteiger partial charge in [-0.25, -0.2) is 0 Å². The van der Waals surface area contributed by atoms with E-state index in [-0.39, 0.29) is 25.0 Å². The monoisotopic (exact) mass is 425 g/mol. The summed E-state index contributed by atoms with van der Waals surface area (Å²) in [7, 11) is 0. The zero-order chi connectivity index (χ0) is 21.6. The zero-order valence-corrected chi connectivity index (χ0v) is 17.6. The van der Waals surface area contributed by atoms with Crippen LogP contribution in [0.3, 0.4) is 0 Å². The molecule has 0 bridgehead atoms. The maximum Gasteiger partial charge on any atom is 0.267 e. The fraction of sp³-hybridized carbons (Fsp3) is 0.391. The van der Waals surface area contributed by atoms with Crippen molar-refractivity contribution in [3.05, 3.63) is 48.5 Å². The third-order valence-corrected chi connectivity index (χ3v) is 5.30. The van der Waals surface area contributed by atoms with Crippen molar-refractivity contribution in [3.8, 4) is 17.2 Å². The van der Waals surface area contributed by atoms with Crippen molar-refractivity contribution < 1.29 is 23.8 Å². The lowest BCUT2D eigenvalue weighted by molar-refractivity contribution is -0.143. The fourth-order valence-electron chi connectivity index (χ4n) is 3.72. The fourth-order valence-corrected chi connectivity index (χ4v) is 3.72. The molecule has 8 nitrogen and oxygen atoms in total. The molecule has 8 heteroatoms. The molecule has 4 rings (SSSR count). The molecule has 0 saturated carbocycles. The lowest BCUT2D eigenvalue weighted by Gasteiger charge is -2.36. The van der Waals surface area contributed by atoms with Gasteiger partial charge in [0.1, 0.15) is 12.4 Å². The van der Waals surface area contributed by atoms with Gasteiger partial charge in [-0.3, -0.25) is 14.5 Å². The predicted octanol–water partition coefficient (Wildman–Crippen LogP) is 2.01. The first kappa shape index (κ1) is 21.0. The summed E-state index contributed by atoms with van der Waals surface area (Å²) in [6, 6.07) is 14.7. The van der Waals surface area contributed by atoms with E-state index in [1.807, 2.05) is 54.3 Å². The Morgan fingerprint density at radius 2 is 1.74 bits per heavy atom. The molecular formula is C23H27N3O5. The van der Waals surface area contributed by atoms with Gasteiger partial charge in [-0.05, 0) is 31.2 Å². The number of piperazine rings is 1. The normalized spacial score (nSPS) is 18.4. The molecule has 31 heavy (non-hydrogen) atoms. The van der Waals surface area contributed by atoms with Crippen molar-refractivity contribution in [2.75, 3.05) is 51.3 Å². The summed E-state index contributed by atoms with van der Waals surface area (Å²) in [6.07, 6.45) is -0.639. The van der Waals surface area contributed by atoms with E-state index in [0.29, 0.717) is 55.7 Å². The molecule has 0 aromatic heterocycles. The molecule has 1 fully saturated rings. The average Bonchev–Trinajstić information content (AvgIpc) is 2.80. The van der Waals surface area contributed by atoms with Gasteiger partial charge in [-0.2, -0.15) is 0 Å². The minimum absolute atomic E-state index is 0.0794. The molecule has 2 heterocycles. The second-order valence-corrected chi connectivity index (χ2v) is 7.44. The average molecular weight is 425 g/mol. The van der Waals surface area contributed by atoms with Crippen LogP contribution >= 0.6 is 0 Å². The molecule has 2 amide bonds. The number of carbonyl (C=O) groups excluding carboxylic acids is 2. The summed E-state index contributed by atoms with van der Waals surface area (Å²) in [5.74, 6) is 1.73. The highest BCUT2D eigenvalue weighted by molar-refractivity contribution is 5.93. The van der Waals surface area contributed by atoms with Gasteiger partial charge in [0.05, 0.1) is 18.8 Å². The first-order valence-corrected chi connectivity index (χ1v) is 10.6. The number of fused-ring (bicyclic) bond motifs is 1. The Balaban J connectivity index is 1.25. The first-order valence-electron chi connectivity index (χ1n) is 10.6. The van der Waals surface area contributed by atoms with E-state index in [4.69, 9.17) is 14.2 Å². The van der Waals surface area contributed by atoms with Crippen molar-refractivity contribution >= 4 is 17.5 Å². The highest BCUT2D eigenvalue weighted by Crippen LogP contribution is 2.31. The lowest BCUT2D eigenvalue weighted by atomic mass is 10.2. The standard InChI is InChI=1S/C23H27N3O5/c1-2-29-18-8-4-3-7-17(18)24-22(27)15-25-11-13-26(14-12-25)23(28)21-16-30-19-9-5-6-10-20(19)31-21/h3-10,21H,2,11-16H2,1H3,(H,24,27)/t21-/m1/s1. The van der Waals surface area contributed by atoms with E-state index in [0.717, 1.165) is 0 Å². The number of amides is 2. The van der Waals surface area contributed by atoms with Crippen molar-refractivity contribution in [2.45, 2.75) is 13.0 Å². The number of hydrogen-bond acceptors (Lipinski definition) is 6. The van der Waals surface area contributed by atoms with Crippen LogP contribution in [0.2, 0.25) is 0 Å². The van der Waals surface area contributed by atoms with Gasteiger partial charge in [-0.1, -0.05) is 24.3 Å². The number of para-hydroxylation sites is 4. The van der Waals surface area contributed by atoms with E-state index in [9.17, 15) is 9.59 Å². The molecule has 0 aliphatic carbocycles. The first-order chi connectivity index (χ1) is 15.1. The van der Waals surface area contributed by atoms with Gasteiger partial charge in [0.2, 0.25) is 12.0 Å². The molecule has 0 spiro atoms. The van der Waals surface area contributed by atoms with Gasteiger partial charge in [-0.15, -0.1) is 0 Å².